The lowest BCUT2D eigenvalue weighted by atomic mass is 10.2. The van der Waals surface area contributed by atoms with Crippen LogP contribution in [0.2, 0.25) is 0 Å². The molecular formula is C18H25N7O2. The average Bonchev–Trinajstić information content (AvgIpc) is 2.71. The summed E-state index contributed by atoms with van der Waals surface area (Å²) in [6.07, 6.45) is 4.30. The standard InChI is InChI=1S/C18H25N7O2/c1-14-13-15(23-17(22-14)19-7-4-12-27-2)16(26)24-8-10-25(11-9-24)18-20-5-3-6-21-18/h3,5-6,13H,4,7-12H2,1-2H3,(H,19,22,23). The Morgan fingerprint density at radius 1 is 1.19 bits per heavy atom. The number of hydrogen-bond donors (Lipinski definition) is 1. The molecule has 0 aromatic carbocycles. The molecule has 2 aromatic heterocycles. The molecule has 2 aromatic rings. The molecule has 0 radical (unpaired) electrons. The lowest BCUT2D eigenvalue weighted by Gasteiger charge is -2.34. The average molecular weight is 371 g/mol. The molecule has 9 heteroatoms. The van der Waals surface area contributed by atoms with Crippen LogP contribution in [0.25, 0.3) is 0 Å². The fourth-order valence-electron chi connectivity index (χ4n) is 2.90. The van der Waals surface area contributed by atoms with Crippen LogP contribution in [0.4, 0.5) is 11.9 Å². The number of methoxy groups -OCH3 is 1. The van der Waals surface area contributed by atoms with Crippen molar-refractivity contribution in [3.8, 4) is 0 Å². The van der Waals surface area contributed by atoms with E-state index < -0.39 is 0 Å². The second kappa shape index (κ2) is 9.22. The molecule has 1 aliphatic rings. The number of aryl methyl sites for hydroxylation is 1. The summed E-state index contributed by atoms with van der Waals surface area (Å²) in [6, 6.07) is 3.52. The van der Waals surface area contributed by atoms with E-state index in [-0.39, 0.29) is 5.91 Å². The number of nitrogens with one attached hydrogen (secondary N) is 1. The van der Waals surface area contributed by atoms with Crippen LogP contribution in [0, 0.1) is 6.92 Å². The van der Waals surface area contributed by atoms with Gasteiger partial charge in [0.1, 0.15) is 5.69 Å². The predicted molar refractivity (Wildman–Crippen MR) is 102 cm³/mol. The Morgan fingerprint density at radius 3 is 2.63 bits per heavy atom. The molecule has 1 saturated heterocycles. The highest BCUT2D eigenvalue weighted by Crippen LogP contribution is 2.13. The van der Waals surface area contributed by atoms with Gasteiger partial charge in [-0.2, -0.15) is 0 Å². The van der Waals surface area contributed by atoms with Gasteiger partial charge in [-0.25, -0.2) is 19.9 Å². The zero-order chi connectivity index (χ0) is 19.1. The number of anilines is 2. The fourth-order valence-corrected chi connectivity index (χ4v) is 2.90. The Kier molecular flexibility index (Phi) is 6.48. The van der Waals surface area contributed by atoms with Crippen LogP contribution in [0.3, 0.4) is 0 Å². The van der Waals surface area contributed by atoms with E-state index in [1.165, 1.54) is 0 Å². The van der Waals surface area contributed by atoms with E-state index in [4.69, 9.17) is 4.74 Å². The lowest BCUT2D eigenvalue weighted by Crippen LogP contribution is -2.49. The van der Waals surface area contributed by atoms with Crippen molar-refractivity contribution in [1.29, 1.82) is 0 Å². The number of aromatic nitrogens is 4. The van der Waals surface area contributed by atoms with Crippen LogP contribution in [-0.4, -0.2) is 77.2 Å². The Labute approximate surface area is 158 Å². The maximum Gasteiger partial charge on any atom is 0.272 e. The van der Waals surface area contributed by atoms with Gasteiger partial charge in [0.25, 0.3) is 5.91 Å². The van der Waals surface area contributed by atoms with Gasteiger partial charge in [0.05, 0.1) is 0 Å². The third-order valence-corrected chi connectivity index (χ3v) is 4.28. The van der Waals surface area contributed by atoms with Gasteiger partial charge < -0.3 is 19.9 Å². The quantitative estimate of drug-likeness (QED) is 0.720. The van der Waals surface area contributed by atoms with Crippen molar-refractivity contribution in [3.63, 3.8) is 0 Å². The molecule has 3 heterocycles. The summed E-state index contributed by atoms with van der Waals surface area (Å²) in [6.45, 7) is 5.83. The van der Waals surface area contributed by atoms with E-state index in [0.717, 1.165) is 12.1 Å². The second-order valence-electron chi connectivity index (χ2n) is 6.32. The highest BCUT2D eigenvalue weighted by Gasteiger charge is 2.24. The fraction of sp³-hybridized carbons (Fsp3) is 0.500. The monoisotopic (exact) mass is 371 g/mol. The van der Waals surface area contributed by atoms with Gasteiger partial charge in [0.2, 0.25) is 11.9 Å². The number of hydrogen-bond acceptors (Lipinski definition) is 8. The van der Waals surface area contributed by atoms with Crippen molar-refractivity contribution in [2.75, 3.05) is 56.7 Å². The Morgan fingerprint density at radius 2 is 1.93 bits per heavy atom. The summed E-state index contributed by atoms with van der Waals surface area (Å²) < 4.78 is 5.03. The highest BCUT2D eigenvalue weighted by molar-refractivity contribution is 5.92. The number of nitrogens with zero attached hydrogens (tertiary/aromatic N) is 6. The molecule has 0 unspecified atom stereocenters. The van der Waals surface area contributed by atoms with Crippen molar-refractivity contribution in [3.05, 3.63) is 35.9 Å². The molecule has 0 atom stereocenters. The number of carbonyl (C=O) groups is 1. The van der Waals surface area contributed by atoms with Crippen molar-refractivity contribution in [1.82, 2.24) is 24.8 Å². The van der Waals surface area contributed by atoms with E-state index in [0.29, 0.717) is 56.9 Å². The van der Waals surface area contributed by atoms with Gasteiger partial charge >= 0.3 is 0 Å². The molecule has 27 heavy (non-hydrogen) atoms. The van der Waals surface area contributed by atoms with Crippen molar-refractivity contribution >= 4 is 17.8 Å². The van der Waals surface area contributed by atoms with Crippen molar-refractivity contribution < 1.29 is 9.53 Å². The number of ether oxygens (including phenoxy) is 1. The minimum absolute atomic E-state index is 0.0749. The Bertz CT molecular complexity index is 749. The predicted octanol–water partition coefficient (Wildman–Crippen LogP) is 0.986. The van der Waals surface area contributed by atoms with Gasteiger partial charge in [-0.1, -0.05) is 0 Å². The highest BCUT2D eigenvalue weighted by atomic mass is 16.5. The number of piperazine rings is 1. The molecule has 3 rings (SSSR count). The Balaban J connectivity index is 1.60. The first-order valence-electron chi connectivity index (χ1n) is 9.07. The first-order chi connectivity index (χ1) is 13.2. The van der Waals surface area contributed by atoms with Gasteiger partial charge in [-0.3, -0.25) is 4.79 Å². The first kappa shape index (κ1) is 19.0. The number of amides is 1. The molecule has 1 amide bonds. The maximum absolute atomic E-state index is 12.9. The van der Waals surface area contributed by atoms with E-state index >= 15 is 0 Å². The van der Waals surface area contributed by atoms with E-state index in [1.54, 1.807) is 31.6 Å². The summed E-state index contributed by atoms with van der Waals surface area (Å²) in [5, 5.41) is 3.15. The summed E-state index contributed by atoms with van der Waals surface area (Å²) in [4.78, 5) is 34.0. The zero-order valence-electron chi connectivity index (χ0n) is 15.8. The van der Waals surface area contributed by atoms with Crippen LogP contribution in [0.1, 0.15) is 22.6 Å². The van der Waals surface area contributed by atoms with E-state index in [1.807, 2.05) is 11.8 Å². The third kappa shape index (κ3) is 5.10. The Hall–Kier alpha value is -2.81. The molecule has 144 valence electrons. The van der Waals surface area contributed by atoms with Crippen LogP contribution < -0.4 is 10.2 Å². The molecule has 0 bridgehead atoms. The molecule has 9 nitrogen and oxygen atoms in total. The summed E-state index contributed by atoms with van der Waals surface area (Å²) in [5.74, 6) is 1.10. The SMILES string of the molecule is COCCCNc1nc(C)cc(C(=O)N2CCN(c3ncccn3)CC2)n1. The van der Waals surface area contributed by atoms with Gasteiger partial charge in [0, 0.05) is 64.5 Å². The molecule has 0 spiro atoms. The normalized spacial score (nSPS) is 14.3. The number of carbonyl (C=O) groups excluding carboxylic acids is 1. The molecule has 1 N–H and O–H groups in total. The minimum Gasteiger partial charge on any atom is -0.385 e. The van der Waals surface area contributed by atoms with Crippen LogP contribution in [0.15, 0.2) is 24.5 Å². The maximum atomic E-state index is 12.9. The molecule has 1 fully saturated rings. The second-order valence-corrected chi connectivity index (χ2v) is 6.32. The van der Waals surface area contributed by atoms with E-state index in [2.05, 4.69) is 30.2 Å². The van der Waals surface area contributed by atoms with Gasteiger partial charge in [-0.15, -0.1) is 0 Å². The molecule has 0 aliphatic carbocycles. The summed E-state index contributed by atoms with van der Waals surface area (Å²) in [7, 11) is 1.67. The van der Waals surface area contributed by atoms with E-state index in [9.17, 15) is 4.79 Å². The molecule has 0 saturated carbocycles. The van der Waals surface area contributed by atoms with Crippen molar-refractivity contribution in [2.24, 2.45) is 0 Å². The smallest absolute Gasteiger partial charge is 0.272 e. The third-order valence-electron chi connectivity index (χ3n) is 4.28. The zero-order valence-corrected chi connectivity index (χ0v) is 15.8. The number of rotatable bonds is 7. The van der Waals surface area contributed by atoms with Crippen LogP contribution in [0.5, 0.6) is 0 Å². The van der Waals surface area contributed by atoms with Crippen LogP contribution in [-0.2, 0) is 4.74 Å². The lowest BCUT2D eigenvalue weighted by molar-refractivity contribution is 0.0740. The summed E-state index contributed by atoms with van der Waals surface area (Å²) >= 11 is 0. The molecular weight excluding hydrogens is 346 g/mol. The van der Waals surface area contributed by atoms with Crippen molar-refractivity contribution in [2.45, 2.75) is 13.3 Å². The van der Waals surface area contributed by atoms with Gasteiger partial charge in [0.15, 0.2) is 0 Å². The first-order valence-corrected chi connectivity index (χ1v) is 9.07. The van der Waals surface area contributed by atoms with Crippen LogP contribution >= 0.6 is 0 Å². The van der Waals surface area contributed by atoms with Gasteiger partial charge in [-0.05, 0) is 25.5 Å². The summed E-state index contributed by atoms with van der Waals surface area (Å²) in [5.41, 5.74) is 1.18. The topological polar surface area (TPSA) is 96.4 Å². The largest absolute Gasteiger partial charge is 0.385 e. The minimum atomic E-state index is -0.0749. The molecule has 1 aliphatic heterocycles.